The summed E-state index contributed by atoms with van der Waals surface area (Å²) in [6.07, 6.45) is -1.53. The molecule has 0 aliphatic rings. The Morgan fingerprint density at radius 1 is 1.05 bits per heavy atom. The van der Waals surface area contributed by atoms with Crippen LogP contribution >= 0.6 is 0 Å². The minimum absolute atomic E-state index is 0.455. The van der Waals surface area contributed by atoms with Gasteiger partial charge in [-0.25, -0.2) is 4.79 Å². The van der Waals surface area contributed by atoms with Crippen LogP contribution in [0.3, 0.4) is 0 Å². The molecule has 0 spiro atoms. The number of carbonyl (C=O) groups excluding carboxylic acids is 1. The first kappa shape index (κ1) is 15.1. The normalized spacial score (nSPS) is 13.3. The zero-order valence-corrected chi connectivity index (χ0v) is 12.0. The van der Waals surface area contributed by atoms with Crippen LogP contribution in [0.15, 0.2) is 54.6 Å². The average molecular weight is 286 g/mol. The molecule has 21 heavy (non-hydrogen) atoms. The van der Waals surface area contributed by atoms with Crippen molar-refractivity contribution in [3.63, 3.8) is 0 Å². The molecule has 0 aliphatic heterocycles. The summed E-state index contributed by atoms with van der Waals surface area (Å²) in [5, 5.41) is 9.88. The Morgan fingerprint density at radius 3 is 2.19 bits per heavy atom. The zero-order chi connectivity index (χ0) is 15.2. The first-order valence-electron chi connectivity index (χ1n) is 6.70. The van der Waals surface area contributed by atoms with E-state index in [2.05, 4.69) is 0 Å². The van der Waals surface area contributed by atoms with E-state index in [0.717, 1.165) is 5.56 Å². The molecule has 2 aromatic carbocycles. The third kappa shape index (κ3) is 3.83. The molecule has 4 heteroatoms. The number of aliphatic hydroxyl groups is 1. The Kier molecular flexibility index (Phi) is 4.95. The Balaban J connectivity index is 2.17. The molecular formula is C17H18O4. The lowest BCUT2D eigenvalue weighted by molar-refractivity contribution is -0.0135. The largest absolute Gasteiger partial charge is 0.497 e. The van der Waals surface area contributed by atoms with E-state index in [-0.39, 0.29) is 0 Å². The number of rotatable bonds is 5. The van der Waals surface area contributed by atoms with E-state index in [1.54, 1.807) is 62.6 Å². The lowest BCUT2D eigenvalue weighted by Crippen LogP contribution is -2.21. The number of ether oxygens (including phenoxy) is 2. The van der Waals surface area contributed by atoms with Crippen LogP contribution in [-0.4, -0.2) is 24.3 Å². The van der Waals surface area contributed by atoms with Crippen molar-refractivity contribution in [2.45, 2.75) is 19.1 Å². The molecule has 2 atom stereocenters. The summed E-state index contributed by atoms with van der Waals surface area (Å²) in [5.74, 6) is 0.245. The summed E-state index contributed by atoms with van der Waals surface area (Å²) in [6, 6.07) is 15.8. The molecule has 0 saturated heterocycles. The number of aliphatic hydroxyl groups excluding tert-OH is 1. The van der Waals surface area contributed by atoms with Crippen molar-refractivity contribution in [1.29, 1.82) is 0 Å². The topological polar surface area (TPSA) is 55.8 Å². The third-order valence-corrected chi connectivity index (χ3v) is 3.13. The first-order valence-corrected chi connectivity index (χ1v) is 6.70. The SMILES string of the molecule is COc1ccc([C@@H](OC(=O)c2ccccc2)[C@@H](C)O)cc1. The third-order valence-electron chi connectivity index (χ3n) is 3.13. The quantitative estimate of drug-likeness (QED) is 0.859. The molecule has 4 nitrogen and oxygen atoms in total. The first-order chi connectivity index (χ1) is 10.1. The molecule has 0 unspecified atom stereocenters. The van der Waals surface area contributed by atoms with Crippen molar-refractivity contribution in [2.24, 2.45) is 0 Å². The second-order valence-electron chi connectivity index (χ2n) is 4.71. The van der Waals surface area contributed by atoms with Crippen LogP contribution in [0.25, 0.3) is 0 Å². The molecule has 0 fully saturated rings. The van der Waals surface area contributed by atoms with Crippen LogP contribution in [0.1, 0.15) is 28.9 Å². The van der Waals surface area contributed by atoms with Crippen molar-refractivity contribution in [3.8, 4) is 5.75 Å². The lowest BCUT2D eigenvalue weighted by atomic mass is 10.0. The van der Waals surface area contributed by atoms with Crippen LogP contribution in [0, 0.1) is 0 Å². The van der Waals surface area contributed by atoms with Crippen LogP contribution in [-0.2, 0) is 4.74 Å². The molecule has 0 amide bonds. The Hall–Kier alpha value is -2.33. The fourth-order valence-electron chi connectivity index (χ4n) is 2.00. The van der Waals surface area contributed by atoms with Crippen LogP contribution in [0.2, 0.25) is 0 Å². The molecule has 0 radical (unpaired) electrons. The number of benzene rings is 2. The van der Waals surface area contributed by atoms with Gasteiger partial charge in [0, 0.05) is 0 Å². The summed E-state index contributed by atoms with van der Waals surface area (Å²) < 4.78 is 10.5. The highest BCUT2D eigenvalue weighted by Crippen LogP contribution is 2.25. The Bertz CT molecular complexity index is 575. The van der Waals surface area contributed by atoms with E-state index in [9.17, 15) is 9.90 Å². The monoisotopic (exact) mass is 286 g/mol. The van der Waals surface area contributed by atoms with E-state index in [1.165, 1.54) is 0 Å². The standard InChI is InChI=1S/C17H18O4/c1-12(18)16(13-8-10-15(20-2)11-9-13)21-17(19)14-6-4-3-5-7-14/h3-12,16,18H,1-2H3/t12-,16+/m1/s1. The van der Waals surface area contributed by atoms with E-state index >= 15 is 0 Å². The maximum atomic E-state index is 12.1. The molecule has 0 bridgehead atoms. The fraction of sp³-hybridized carbons (Fsp3) is 0.235. The van der Waals surface area contributed by atoms with E-state index in [0.29, 0.717) is 11.3 Å². The number of hydrogen-bond acceptors (Lipinski definition) is 4. The van der Waals surface area contributed by atoms with Gasteiger partial charge < -0.3 is 14.6 Å². The molecule has 0 heterocycles. The predicted octanol–water partition coefficient (Wildman–Crippen LogP) is 2.97. The minimum Gasteiger partial charge on any atom is -0.497 e. The molecule has 0 aromatic heterocycles. The lowest BCUT2D eigenvalue weighted by Gasteiger charge is -2.21. The molecule has 2 aromatic rings. The van der Waals surface area contributed by atoms with Gasteiger partial charge in [-0.2, -0.15) is 0 Å². The highest BCUT2D eigenvalue weighted by Gasteiger charge is 2.22. The van der Waals surface area contributed by atoms with Gasteiger partial charge in [0.2, 0.25) is 0 Å². The van der Waals surface area contributed by atoms with E-state index < -0.39 is 18.2 Å². The number of methoxy groups -OCH3 is 1. The van der Waals surface area contributed by atoms with Gasteiger partial charge in [0.15, 0.2) is 6.10 Å². The van der Waals surface area contributed by atoms with Crippen LogP contribution in [0.4, 0.5) is 0 Å². The van der Waals surface area contributed by atoms with Gasteiger partial charge in [0.05, 0.1) is 18.8 Å². The van der Waals surface area contributed by atoms with E-state index in [4.69, 9.17) is 9.47 Å². The summed E-state index contributed by atoms with van der Waals surface area (Å²) in [4.78, 5) is 12.1. The van der Waals surface area contributed by atoms with Gasteiger partial charge in [-0.15, -0.1) is 0 Å². The van der Waals surface area contributed by atoms with Gasteiger partial charge in [-0.05, 0) is 36.8 Å². The molecule has 2 rings (SSSR count). The van der Waals surface area contributed by atoms with Gasteiger partial charge in [0.1, 0.15) is 5.75 Å². The number of hydrogen-bond donors (Lipinski definition) is 1. The van der Waals surface area contributed by atoms with Gasteiger partial charge in [0.25, 0.3) is 0 Å². The van der Waals surface area contributed by atoms with Gasteiger partial charge in [-0.1, -0.05) is 30.3 Å². The van der Waals surface area contributed by atoms with Crippen molar-refractivity contribution >= 4 is 5.97 Å². The molecule has 110 valence electrons. The maximum Gasteiger partial charge on any atom is 0.338 e. The van der Waals surface area contributed by atoms with Crippen LogP contribution < -0.4 is 4.74 Å². The molecular weight excluding hydrogens is 268 g/mol. The Labute approximate surface area is 123 Å². The molecule has 1 N–H and O–H groups in total. The summed E-state index contributed by atoms with van der Waals surface area (Å²) in [5.41, 5.74) is 1.17. The summed E-state index contributed by atoms with van der Waals surface area (Å²) in [7, 11) is 1.58. The van der Waals surface area contributed by atoms with Crippen molar-refractivity contribution in [1.82, 2.24) is 0 Å². The number of carbonyl (C=O) groups is 1. The van der Waals surface area contributed by atoms with Crippen molar-refractivity contribution in [2.75, 3.05) is 7.11 Å². The van der Waals surface area contributed by atoms with Crippen LogP contribution in [0.5, 0.6) is 5.75 Å². The Morgan fingerprint density at radius 2 is 1.67 bits per heavy atom. The summed E-state index contributed by atoms with van der Waals surface area (Å²) >= 11 is 0. The maximum absolute atomic E-state index is 12.1. The second kappa shape index (κ2) is 6.90. The number of esters is 1. The summed E-state index contributed by atoms with van der Waals surface area (Å²) in [6.45, 7) is 1.59. The van der Waals surface area contributed by atoms with Crippen molar-refractivity contribution in [3.05, 3.63) is 65.7 Å². The molecule has 0 saturated carbocycles. The zero-order valence-electron chi connectivity index (χ0n) is 12.0. The van der Waals surface area contributed by atoms with Gasteiger partial charge in [-0.3, -0.25) is 0 Å². The van der Waals surface area contributed by atoms with Gasteiger partial charge >= 0.3 is 5.97 Å². The predicted molar refractivity (Wildman–Crippen MR) is 79.3 cm³/mol. The highest BCUT2D eigenvalue weighted by atomic mass is 16.6. The van der Waals surface area contributed by atoms with Crippen molar-refractivity contribution < 1.29 is 19.4 Å². The smallest absolute Gasteiger partial charge is 0.338 e. The fourth-order valence-corrected chi connectivity index (χ4v) is 2.00. The minimum atomic E-state index is -0.814. The highest BCUT2D eigenvalue weighted by molar-refractivity contribution is 5.89. The molecule has 0 aliphatic carbocycles. The average Bonchev–Trinajstić information content (AvgIpc) is 2.53. The van der Waals surface area contributed by atoms with E-state index in [1.807, 2.05) is 6.07 Å². The second-order valence-corrected chi connectivity index (χ2v) is 4.71.